The highest BCUT2D eigenvalue weighted by Gasteiger charge is 2.15. The number of nitrogens with zero attached hydrogens (tertiary/aromatic N) is 1. The van der Waals surface area contributed by atoms with Crippen LogP contribution in [-0.2, 0) is 9.59 Å². The Morgan fingerprint density at radius 1 is 1.55 bits per heavy atom. The van der Waals surface area contributed by atoms with E-state index in [0.717, 1.165) is 0 Å². The van der Waals surface area contributed by atoms with E-state index in [4.69, 9.17) is 10.8 Å². The molecule has 110 valence electrons. The van der Waals surface area contributed by atoms with Crippen molar-refractivity contribution in [2.75, 3.05) is 11.5 Å². The van der Waals surface area contributed by atoms with Crippen LogP contribution in [0.25, 0.3) is 0 Å². The van der Waals surface area contributed by atoms with Gasteiger partial charge in [0.1, 0.15) is 5.01 Å². The van der Waals surface area contributed by atoms with Crippen LogP contribution >= 0.6 is 23.1 Å². The van der Waals surface area contributed by atoms with Crippen molar-refractivity contribution in [1.29, 1.82) is 0 Å². The predicted octanol–water partition coefficient (Wildman–Crippen LogP) is 0.627. The second-order valence-corrected chi connectivity index (χ2v) is 5.93. The van der Waals surface area contributed by atoms with E-state index in [1.807, 2.05) is 0 Å². The molecule has 1 aromatic heterocycles. The first kappa shape index (κ1) is 16.4. The van der Waals surface area contributed by atoms with Crippen LogP contribution in [0.15, 0.2) is 5.38 Å². The summed E-state index contributed by atoms with van der Waals surface area (Å²) >= 11 is 2.48. The lowest BCUT2D eigenvalue weighted by Crippen LogP contribution is -2.27. The third-order valence-electron chi connectivity index (χ3n) is 2.21. The Hall–Kier alpha value is -1.61. The van der Waals surface area contributed by atoms with Crippen LogP contribution in [0.1, 0.15) is 34.9 Å². The van der Waals surface area contributed by atoms with Gasteiger partial charge in [-0.15, -0.1) is 11.3 Å². The van der Waals surface area contributed by atoms with E-state index < -0.39 is 11.9 Å². The summed E-state index contributed by atoms with van der Waals surface area (Å²) in [7, 11) is 0. The molecule has 4 N–H and O–H groups in total. The number of aromatic carboxylic acids is 1. The van der Waals surface area contributed by atoms with Crippen LogP contribution in [0.4, 0.5) is 0 Å². The van der Waals surface area contributed by atoms with Crippen LogP contribution < -0.4 is 11.1 Å². The molecule has 0 aliphatic carbocycles. The second-order valence-electron chi connectivity index (χ2n) is 3.93. The maximum absolute atomic E-state index is 11.6. The number of nitrogens with one attached hydrogen (secondary N) is 1. The molecule has 0 aliphatic heterocycles. The van der Waals surface area contributed by atoms with Gasteiger partial charge >= 0.3 is 5.97 Å². The number of carbonyl (C=O) groups excluding carboxylic acids is 2. The summed E-state index contributed by atoms with van der Waals surface area (Å²) < 4.78 is 0. The van der Waals surface area contributed by atoms with Crippen molar-refractivity contribution in [2.24, 2.45) is 5.73 Å². The Labute approximate surface area is 124 Å². The topological polar surface area (TPSA) is 122 Å². The maximum Gasteiger partial charge on any atom is 0.355 e. The Bertz CT molecular complexity index is 504. The zero-order chi connectivity index (χ0) is 15.1. The highest BCUT2D eigenvalue weighted by atomic mass is 32.2. The van der Waals surface area contributed by atoms with E-state index in [0.29, 0.717) is 10.8 Å². The van der Waals surface area contributed by atoms with Crippen molar-refractivity contribution in [3.8, 4) is 0 Å². The number of primary amides is 1. The van der Waals surface area contributed by atoms with Gasteiger partial charge in [-0.25, -0.2) is 9.78 Å². The fraction of sp³-hybridized carbons (Fsp3) is 0.455. The number of aromatic nitrogens is 1. The van der Waals surface area contributed by atoms with Crippen LogP contribution in [0.2, 0.25) is 0 Å². The quantitative estimate of drug-likeness (QED) is 0.604. The molecule has 0 aromatic carbocycles. The first-order chi connectivity index (χ1) is 9.40. The van der Waals surface area contributed by atoms with E-state index in [1.165, 1.54) is 28.5 Å². The van der Waals surface area contributed by atoms with Gasteiger partial charge in [0.05, 0.1) is 11.8 Å². The summed E-state index contributed by atoms with van der Waals surface area (Å²) in [5, 5.41) is 13.5. The molecule has 0 fully saturated rings. The fourth-order valence-electron chi connectivity index (χ4n) is 1.30. The number of amides is 2. The lowest BCUT2D eigenvalue weighted by Gasteiger charge is -2.10. The smallest absolute Gasteiger partial charge is 0.355 e. The molecule has 1 atom stereocenters. The molecule has 0 saturated carbocycles. The van der Waals surface area contributed by atoms with Crippen LogP contribution in [0.3, 0.4) is 0 Å². The van der Waals surface area contributed by atoms with Gasteiger partial charge < -0.3 is 16.2 Å². The zero-order valence-electron chi connectivity index (χ0n) is 10.8. The van der Waals surface area contributed by atoms with Crippen molar-refractivity contribution in [3.05, 3.63) is 16.1 Å². The second kappa shape index (κ2) is 7.85. The number of thiazole rings is 1. The van der Waals surface area contributed by atoms with Crippen molar-refractivity contribution in [2.45, 2.75) is 19.4 Å². The van der Waals surface area contributed by atoms with Gasteiger partial charge in [0.2, 0.25) is 11.8 Å². The average molecular weight is 317 g/mol. The molecule has 7 nitrogen and oxygen atoms in total. The number of hydrogen-bond acceptors (Lipinski definition) is 6. The molecule has 2 amide bonds. The van der Waals surface area contributed by atoms with E-state index >= 15 is 0 Å². The van der Waals surface area contributed by atoms with E-state index in [-0.39, 0.29) is 29.8 Å². The minimum absolute atomic E-state index is 0.0249. The van der Waals surface area contributed by atoms with Crippen LogP contribution in [-0.4, -0.2) is 39.4 Å². The predicted molar refractivity (Wildman–Crippen MR) is 76.8 cm³/mol. The van der Waals surface area contributed by atoms with Gasteiger partial charge in [-0.2, -0.15) is 11.8 Å². The van der Waals surface area contributed by atoms with Gasteiger partial charge in [0.15, 0.2) is 5.69 Å². The Kier molecular flexibility index (Phi) is 6.46. The highest BCUT2D eigenvalue weighted by molar-refractivity contribution is 7.99. The summed E-state index contributed by atoms with van der Waals surface area (Å²) in [6.45, 7) is 1.74. The highest BCUT2D eigenvalue weighted by Crippen LogP contribution is 2.18. The number of carboxylic acids is 1. The van der Waals surface area contributed by atoms with Gasteiger partial charge in [-0.1, -0.05) is 0 Å². The summed E-state index contributed by atoms with van der Waals surface area (Å²) in [6.07, 6.45) is 0.263. The van der Waals surface area contributed by atoms with E-state index in [9.17, 15) is 14.4 Å². The molecule has 1 rings (SSSR count). The molecule has 1 aromatic rings. The normalized spacial score (nSPS) is 11.8. The molecule has 0 spiro atoms. The molecule has 0 radical (unpaired) electrons. The van der Waals surface area contributed by atoms with E-state index in [2.05, 4.69) is 10.3 Å². The summed E-state index contributed by atoms with van der Waals surface area (Å²) in [4.78, 5) is 36.8. The molecular weight excluding hydrogens is 302 g/mol. The number of carbonyl (C=O) groups is 3. The van der Waals surface area contributed by atoms with Gasteiger partial charge in [-0.3, -0.25) is 9.59 Å². The van der Waals surface area contributed by atoms with Crippen molar-refractivity contribution in [1.82, 2.24) is 10.3 Å². The standard InChI is InChI=1S/C11H15N3O4S2/c1-6(10-14-7(4-20-10)11(17)18)13-9(16)2-3-19-5-8(12)15/h4,6H,2-3,5H2,1H3,(H2,12,15)(H,13,16)(H,17,18). The van der Waals surface area contributed by atoms with Crippen molar-refractivity contribution in [3.63, 3.8) is 0 Å². The SMILES string of the molecule is CC(NC(=O)CCSCC(N)=O)c1nc(C(=O)O)cs1. The van der Waals surface area contributed by atoms with Gasteiger partial charge in [-0.05, 0) is 6.92 Å². The largest absolute Gasteiger partial charge is 0.476 e. The number of nitrogens with two attached hydrogens (primary N) is 1. The maximum atomic E-state index is 11.6. The van der Waals surface area contributed by atoms with Crippen molar-refractivity contribution < 1.29 is 19.5 Å². The van der Waals surface area contributed by atoms with E-state index in [1.54, 1.807) is 6.92 Å². The van der Waals surface area contributed by atoms with Gasteiger partial charge in [0.25, 0.3) is 0 Å². The van der Waals surface area contributed by atoms with Crippen LogP contribution in [0, 0.1) is 0 Å². The molecular formula is C11H15N3O4S2. The summed E-state index contributed by atoms with van der Waals surface area (Å²) in [5.41, 5.74) is 4.95. The van der Waals surface area contributed by atoms with Crippen molar-refractivity contribution >= 4 is 40.9 Å². The molecule has 0 bridgehead atoms. The average Bonchev–Trinajstić information content (AvgIpc) is 2.84. The minimum Gasteiger partial charge on any atom is -0.476 e. The van der Waals surface area contributed by atoms with Crippen LogP contribution in [0.5, 0.6) is 0 Å². The minimum atomic E-state index is -1.09. The number of rotatable bonds is 8. The number of hydrogen-bond donors (Lipinski definition) is 3. The Morgan fingerprint density at radius 2 is 2.25 bits per heavy atom. The first-order valence-electron chi connectivity index (χ1n) is 5.74. The number of thioether (sulfide) groups is 1. The lowest BCUT2D eigenvalue weighted by molar-refractivity contribution is -0.121. The zero-order valence-corrected chi connectivity index (χ0v) is 12.4. The Balaban J connectivity index is 2.36. The molecule has 9 heteroatoms. The third-order valence-corrected chi connectivity index (χ3v) is 4.22. The number of carboxylic acid groups (broad SMARTS) is 1. The fourth-order valence-corrected chi connectivity index (χ4v) is 2.77. The molecule has 0 saturated heterocycles. The first-order valence-corrected chi connectivity index (χ1v) is 7.77. The molecule has 1 heterocycles. The molecule has 0 aliphatic rings. The lowest BCUT2D eigenvalue weighted by atomic mass is 10.3. The summed E-state index contributed by atoms with van der Waals surface area (Å²) in [6, 6.07) is -0.346. The third kappa shape index (κ3) is 5.57. The molecule has 20 heavy (non-hydrogen) atoms. The molecule has 1 unspecified atom stereocenters. The monoisotopic (exact) mass is 317 g/mol. The van der Waals surface area contributed by atoms with Gasteiger partial charge in [0, 0.05) is 17.6 Å². The summed E-state index contributed by atoms with van der Waals surface area (Å²) in [5.74, 6) is -0.986. The Morgan fingerprint density at radius 3 is 2.80 bits per heavy atom.